The number of rotatable bonds is 6. The SMILES string of the molecule is CC(C)[C@H](C)NC(=O)C1CCN(S(=O)(=O)Cc2c(F)cccc2Cl)CC1. The highest BCUT2D eigenvalue weighted by Crippen LogP contribution is 2.26. The lowest BCUT2D eigenvalue weighted by Crippen LogP contribution is -2.46. The molecule has 8 heteroatoms. The van der Waals surface area contributed by atoms with Gasteiger partial charge in [0.1, 0.15) is 5.82 Å². The van der Waals surface area contributed by atoms with Crippen molar-refractivity contribution >= 4 is 27.5 Å². The van der Waals surface area contributed by atoms with Gasteiger partial charge in [0.2, 0.25) is 15.9 Å². The minimum Gasteiger partial charge on any atom is -0.353 e. The minimum atomic E-state index is -3.69. The maximum Gasteiger partial charge on any atom is 0.223 e. The Labute approximate surface area is 160 Å². The van der Waals surface area contributed by atoms with Crippen molar-refractivity contribution in [1.29, 1.82) is 0 Å². The van der Waals surface area contributed by atoms with E-state index in [9.17, 15) is 17.6 Å². The molecule has 1 aromatic carbocycles. The first-order valence-electron chi connectivity index (χ1n) is 8.83. The Morgan fingerprint density at radius 3 is 2.46 bits per heavy atom. The van der Waals surface area contributed by atoms with Crippen molar-refractivity contribution in [2.24, 2.45) is 11.8 Å². The number of sulfonamides is 1. The van der Waals surface area contributed by atoms with Crippen molar-refractivity contribution in [1.82, 2.24) is 9.62 Å². The minimum absolute atomic E-state index is 0.0141. The molecule has 0 aromatic heterocycles. The third kappa shape index (κ3) is 5.18. The van der Waals surface area contributed by atoms with E-state index in [1.807, 2.05) is 20.8 Å². The Hall–Kier alpha value is -1.18. The van der Waals surface area contributed by atoms with Gasteiger partial charge in [0.15, 0.2) is 0 Å². The highest BCUT2D eigenvalue weighted by Gasteiger charge is 2.32. The van der Waals surface area contributed by atoms with E-state index >= 15 is 0 Å². The summed E-state index contributed by atoms with van der Waals surface area (Å²) in [5.74, 6) is -0.984. The lowest BCUT2D eigenvalue weighted by atomic mass is 9.96. The fourth-order valence-electron chi connectivity index (χ4n) is 2.85. The van der Waals surface area contributed by atoms with E-state index < -0.39 is 21.6 Å². The molecular weight excluding hydrogens is 379 g/mol. The molecule has 1 saturated heterocycles. The van der Waals surface area contributed by atoms with Crippen LogP contribution in [0.4, 0.5) is 4.39 Å². The third-order valence-electron chi connectivity index (χ3n) is 4.98. The van der Waals surface area contributed by atoms with E-state index in [1.54, 1.807) is 0 Å². The number of benzene rings is 1. The van der Waals surface area contributed by atoms with Crippen molar-refractivity contribution in [3.05, 3.63) is 34.6 Å². The second-order valence-corrected chi connectivity index (χ2v) is 9.55. The van der Waals surface area contributed by atoms with Crippen LogP contribution in [0.3, 0.4) is 0 Å². The van der Waals surface area contributed by atoms with Gasteiger partial charge in [0.25, 0.3) is 0 Å². The molecule has 1 amide bonds. The van der Waals surface area contributed by atoms with E-state index in [1.165, 1.54) is 22.5 Å². The number of piperidine rings is 1. The molecule has 0 radical (unpaired) electrons. The first-order chi connectivity index (χ1) is 12.1. The van der Waals surface area contributed by atoms with Gasteiger partial charge < -0.3 is 5.32 Å². The normalized spacial score (nSPS) is 18.1. The topological polar surface area (TPSA) is 66.5 Å². The summed E-state index contributed by atoms with van der Waals surface area (Å²) in [4.78, 5) is 12.3. The average molecular weight is 405 g/mol. The van der Waals surface area contributed by atoms with Gasteiger partial charge in [-0.05, 0) is 37.8 Å². The standard InChI is InChI=1S/C18H26ClFN2O3S/c1-12(2)13(3)21-18(23)14-7-9-22(10-8-14)26(24,25)11-15-16(19)5-4-6-17(15)20/h4-6,12-14H,7-11H2,1-3H3,(H,21,23)/t13-/m0/s1. The Kier molecular flexibility index (Phi) is 7.05. The monoisotopic (exact) mass is 404 g/mol. The molecule has 1 atom stereocenters. The number of nitrogens with one attached hydrogen (secondary N) is 1. The fraction of sp³-hybridized carbons (Fsp3) is 0.611. The maximum absolute atomic E-state index is 13.9. The van der Waals surface area contributed by atoms with E-state index in [4.69, 9.17) is 11.6 Å². The van der Waals surface area contributed by atoms with Crippen molar-refractivity contribution in [2.45, 2.75) is 45.4 Å². The Morgan fingerprint density at radius 2 is 1.92 bits per heavy atom. The number of halogens is 2. The molecule has 1 aliphatic rings. The summed E-state index contributed by atoms with van der Waals surface area (Å²) in [5.41, 5.74) is -0.0141. The zero-order valence-electron chi connectivity index (χ0n) is 15.3. The van der Waals surface area contributed by atoms with Crippen LogP contribution in [0.5, 0.6) is 0 Å². The number of carbonyl (C=O) groups is 1. The molecule has 0 spiro atoms. The lowest BCUT2D eigenvalue weighted by Gasteiger charge is -2.31. The fourth-order valence-corrected chi connectivity index (χ4v) is 4.77. The van der Waals surface area contributed by atoms with Crippen molar-refractivity contribution in [2.75, 3.05) is 13.1 Å². The Bertz CT molecular complexity index is 727. The van der Waals surface area contributed by atoms with Gasteiger partial charge in [0, 0.05) is 35.6 Å². The quantitative estimate of drug-likeness (QED) is 0.791. The number of amides is 1. The van der Waals surface area contributed by atoms with Gasteiger partial charge in [-0.3, -0.25) is 4.79 Å². The van der Waals surface area contributed by atoms with Gasteiger partial charge in [-0.15, -0.1) is 0 Å². The predicted molar refractivity (Wildman–Crippen MR) is 101 cm³/mol. The van der Waals surface area contributed by atoms with Crippen molar-refractivity contribution in [3.63, 3.8) is 0 Å². The number of hydrogen-bond donors (Lipinski definition) is 1. The molecule has 2 rings (SSSR count). The highest BCUT2D eigenvalue weighted by molar-refractivity contribution is 7.88. The van der Waals surface area contributed by atoms with Gasteiger partial charge >= 0.3 is 0 Å². The summed E-state index contributed by atoms with van der Waals surface area (Å²) in [6.45, 7) is 6.54. The molecule has 146 valence electrons. The van der Waals surface area contributed by atoms with Crippen LogP contribution in [0.1, 0.15) is 39.2 Å². The van der Waals surface area contributed by atoms with E-state index in [2.05, 4.69) is 5.32 Å². The predicted octanol–water partition coefficient (Wildman–Crippen LogP) is 3.18. The molecule has 1 aromatic rings. The van der Waals surface area contributed by atoms with Crippen LogP contribution >= 0.6 is 11.6 Å². The van der Waals surface area contributed by atoms with Crippen LogP contribution in [0.2, 0.25) is 5.02 Å². The molecule has 1 fully saturated rings. The van der Waals surface area contributed by atoms with Crippen LogP contribution in [0.15, 0.2) is 18.2 Å². The van der Waals surface area contributed by atoms with Crippen LogP contribution in [-0.4, -0.2) is 37.8 Å². The Balaban J connectivity index is 1.97. The van der Waals surface area contributed by atoms with Gasteiger partial charge in [-0.25, -0.2) is 17.1 Å². The first-order valence-corrected chi connectivity index (χ1v) is 10.8. The molecule has 0 saturated carbocycles. The molecule has 0 unspecified atom stereocenters. The van der Waals surface area contributed by atoms with Gasteiger partial charge in [-0.2, -0.15) is 0 Å². The Morgan fingerprint density at radius 1 is 1.31 bits per heavy atom. The zero-order valence-corrected chi connectivity index (χ0v) is 16.9. The summed E-state index contributed by atoms with van der Waals surface area (Å²) >= 11 is 5.94. The van der Waals surface area contributed by atoms with Crippen LogP contribution in [0.25, 0.3) is 0 Å². The lowest BCUT2D eigenvalue weighted by molar-refractivity contribution is -0.127. The summed E-state index contributed by atoms with van der Waals surface area (Å²) in [6.07, 6.45) is 0.918. The zero-order chi connectivity index (χ0) is 19.5. The molecule has 1 aliphatic heterocycles. The molecule has 0 bridgehead atoms. The highest BCUT2D eigenvalue weighted by atomic mass is 35.5. The molecule has 1 heterocycles. The van der Waals surface area contributed by atoms with E-state index in [0.717, 1.165) is 0 Å². The van der Waals surface area contributed by atoms with Crippen LogP contribution < -0.4 is 5.32 Å². The summed E-state index contributed by atoms with van der Waals surface area (Å²) in [6, 6.07) is 4.19. The second kappa shape index (κ2) is 8.67. The molecular formula is C18H26ClFN2O3S. The number of carbonyl (C=O) groups excluding carboxylic acids is 1. The summed E-state index contributed by atoms with van der Waals surface area (Å²) < 4.78 is 40.4. The van der Waals surface area contributed by atoms with Crippen LogP contribution in [0, 0.1) is 17.7 Å². The van der Waals surface area contributed by atoms with E-state index in [0.29, 0.717) is 18.8 Å². The number of nitrogens with zero attached hydrogens (tertiary/aromatic N) is 1. The molecule has 5 nitrogen and oxygen atoms in total. The van der Waals surface area contributed by atoms with Crippen molar-refractivity contribution in [3.8, 4) is 0 Å². The smallest absolute Gasteiger partial charge is 0.223 e. The van der Waals surface area contributed by atoms with Gasteiger partial charge in [0.05, 0.1) is 5.75 Å². The van der Waals surface area contributed by atoms with Crippen molar-refractivity contribution < 1.29 is 17.6 Å². The van der Waals surface area contributed by atoms with Gasteiger partial charge in [-0.1, -0.05) is 31.5 Å². The average Bonchev–Trinajstić information content (AvgIpc) is 2.58. The summed E-state index contributed by atoms with van der Waals surface area (Å²) in [7, 11) is -3.69. The number of hydrogen-bond acceptors (Lipinski definition) is 3. The van der Waals surface area contributed by atoms with Crippen LogP contribution in [-0.2, 0) is 20.6 Å². The molecule has 0 aliphatic carbocycles. The maximum atomic E-state index is 13.9. The summed E-state index contributed by atoms with van der Waals surface area (Å²) in [5, 5.41) is 3.09. The molecule has 1 N–H and O–H groups in total. The second-order valence-electron chi connectivity index (χ2n) is 7.17. The largest absolute Gasteiger partial charge is 0.353 e. The third-order valence-corrected chi connectivity index (χ3v) is 7.14. The first kappa shape index (κ1) is 21.1. The molecule has 26 heavy (non-hydrogen) atoms. The van der Waals surface area contributed by atoms with E-state index in [-0.39, 0.29) is 41.5 Å².